The van der Waals surface area contributed by atoms with E-state index in [0.29, 0.717) is 0 Å². The third kappa shape index (κ3) is 2.62. The van der Waals surface area contributed by atoms with E-state index >= 15 is 0 Å². The van der Waals surface area contributed by atoms with Crippen molar-refractivity contribution in [1.29, 1.82) is 0 Å². The zero-order valence-electron chi connectivity index (χ0n) is 13.8. The van der Waals surface area contributed by atoms with Crippen molar-refractivity contribution in [2.45, 2.75) is 30.8 Å². The topological polar surface area (TPSA) is 56.3 Å². The van der Waals surface area contributed by atoms with Crippen LogP contribution in [0, 0.1) is 0 Å². The monoisotopic (exact) mass is 371 g/mol. The highest BCUT2D eigenvalue weighted by Gasteiger charge is 2.22. The molecule has 0 radical (unpaired) electrons. The van der Waals surface area contributed by atoms with Gasteiger partial charge in [-0.2, -0.15) is 0 Å². The van der Waals surface area contributed by atoms with Crippen LogP contribution >= 0.6 is 23.1 Å². The molecule has 5 nitrogen and oxygen atoms in total. The molecular formula is C18H17N3O2S2. The zero-order chi connectivity index (χ0) is 16.8. The summed E-state index contributed by atoms with van der Waals surface area (Å²) in [5.74, 6) is 2.46. The number of nitrogens with zero attached hydrogens (tertiary/aromatic N) is 2. The summed E-state index contributed by atoms with van der Waals surface area (Å²) in [7, 11) is 0. The van der Waals surface area contributed by atoms with Crippen LogP contribution in [0.15, 0.2) is 23.4 Å². The highest BCUT2D eigenvalue weighted by atomic mass is 32.2. The molecule has 0 fully saturated rings. The summed E-state index contributed by atoms with van der Waals surface area (Å²) in [6.07, 6.45) is 6.81. The first-order chi connectivity index (χ1) is 12.3. The van der Waals surface area contributed by atoms with Gasteiger partial charge in [0.15, 0.2) is 16.7 Å². The number of thioether (sulfide) groups is 1. The molecular weight excluding hydrogens is 354 g/mol. The molecule has 0 amide bonds. The fourth-order valence-corrected chi connectivity index (χ4v) is 5.11. The van der Waals surface area contributed by atoms with Gasteiger partial charge in [0.2, 0.25) is 6.79 Å². The molecule has 1 aliphatic carbocycles. The number of ether oxygens (including phenoxy) is 2. The lowest BCUT2D eigenvalue weighted by molar-refractivity contribution is 0.174. The van der Waals surface area contributed by atoms with Gasteiger partial charge in [-0.1, -0.05) is 11.8 Å². The molecule has 0 saturated heterocycles. The molecule has 1 aromatic carbocycles. The largest absolute Gasteiger partial charge is 0.454 e. The lowest BCUT2D eigenvalue weighted by Gasteiger charge is -2.13. The lowest BCUT2D eigenvalue weighted by Crippen LogP contribution is -2.02. The van der Waals surface area contributed by atoms with Gasteiger partial charge < -0.3 is 14.8 Å². The molecule has 1 aliphatic heterocycles. The van der Waals surface area contributed by atoms with E-state index in [-0.39, 0.29) is 6.79 Å². The number of hydrogen-bond acceptors (Lipinski definition) is 7. The molecule has 1 N–H and O–H groups in total. The Hall–Kier alpha value is -1.99. The van der Waals surface area contributed by atoms with Gasteiger partial charge >= 0.3 is 0 Å². The van der Waals surface area contributed by atoms with Gasteiger partial charge in [0, 0.05) is 16.6 Å². The molecule has 3 aromatic rings. The molecule has 7 heteroatoms. The van der Waals surface area contributed by atoms with E-state index in [1.165, 1.54) is 28.7 Å². The van der Waals surface area contributed by atoms with Crippen molar-refractivity contribution in [2.24, 2.45) is 0 Å². The summed E-state index contributed by atoms with van der Waals surface area (Å²) >= 11 is 3.40. The summed E-state index contributed by atoms with van der Waals surface area (Å²) in [6.45, 7) is 0.283. The third-order valence-corrected chi connectivity index (χ3v) is 6.35. The molecule has 0 bridgehead atoms. The van der Waals surface area contributed by atoms with Crippen LogP contribution in [0.5, 0.6) is 11.5 Å². The predicted molar refractivity (Wildman–Crippen MR) is 102 cm³/mol. The van der Waals surface area contributed by atoms with Crippen molar-refractivity contribution in [3.63, 3.8) is 0 Å². The number of rotatable bonds is 3. The molecule has 0 spiro atoms. The highest BCUT2D eigenvalue weighted by molar-refractivity contribution is 7.98. The van der Waals surface area contributed by atoms with Gasteiger partial charge in [-0.25, -0.2) is 9.97 Å². The van der Waals surface area contributed by atoms with Crippen LogP contribution in [-0.4, -0.2) is 23.0 Å². The SMILES string of the molecule is CSc1nc(Nc2ccc3c(c2)OCO3)c2c3c(sc2n1)CCCC3. The van der Waals surface area contributed by atoms with E-state index in [2.05, 4.69) is 5.32 Å². The number of thiophene rings is 1. The second kappa shape index (κ2) is 6.07. The summed E-state index contributed by atoms with van der Waals surface area (Å²) in [4.78, 5) is 12.1. The zero-order valence-corrected chi connectivity index (χ0v) is 15.4. The van der Waals surface area contributed by atoms with Crippen LogP contribution in [0.25, 0.3) is 10.2 Å². The maximum absolute atomic E-state index is 5.49. The van der Waals surface area contributed by atoms with Crippen LogP contribution in [0.1, 0.15) is 23.3 Å². The third-order valence-electron chi connectivity index (χ3n) is 4.61. The minimum Gasteiger partial charge on any atom is -0.454 e. The van der Waals surface area contributed by atoms with Gasteiger partial charge in [-0.05, 0) is 49.6 Å². The fraction of sp³-hybridized carbons (Fsp3) is 0.333. The van der Waals surface area contributed by atoms with Crippen LogP contribution in [0.2, 0.25) is 0 Å². The van der Waals surface area contributed by atoms with Crippen LogP contribution < -0.4 is 14.8 Å². The Morgan fingerprint density at radius 1 is 1.12 bits per heavy atom. The molecule has 0 atom stereocenters. The molecule has 0 unspecified atom stereocenters. The average Bonchev–Trinajstić information content (AvgIpc) is 3.24. The van der Waals surface area contributed by atoms with Crippen LogP contribution in [0.3, 0.4) is 0 Å². The van der Waals surface area contributed by atoms with Crippen molar-refractivity contribution in [1.82, 2.24) is 9.97 Å². The summed E-state index contributed by atoms with van der Waals surface area (Å²) in [6, 6.07) is 5.90. The molecule has 2 aliphatic rings. The Morgan fingerprint density at radius 3 is 2.92 bits per heavy atom. The van der Waals surface area contributed by atoms with Gasteiger partial charge in [-0.3, -0.25) is 0 Å². The van der Waals surface area contributed by atoms with Crippen LogP contribution in [-0.2, 0) is 12.8 Å². The molecule has 2 aromatic heterocycles. The van der Waals surface area contributed by atoms with Gasteiger partial charge in [0.05, 0.1) is 5.39 Å². The molecule has 5 rings (SSSR count). The van der Waals surface area contributed by atoms with E-state index in [0.717, 1.165) is 45.8 Å². The van der Waals surface area contributed by atoms with Crippen molar-refractivity contribution < 1.29 is 9.47 Å². The number of fused-ring (bicyclic) bond motifs is 4. The van der Waals surface area contributed by atoms with Crippen LogP contribution in [0.4, 0.5) is 11.5 Å². The van der Waals surface area contributed by atoms with Gasteiger partial charge in [-0.15, -0.1) is 11.3 Å². The quantitative estimate of drug-likeness (QED) is 0.529. The Bertz CT molecular complexity index is 971. The van der Waals surface area contributed by atoms with Crippen molar-refractivity contribution in [3.8, 4) is 11.5 Å². The van der Waals surface area contributed by atoms with E-state index in [1.807, 2.05) is 35.8 Å². The number of aromatic nitrogens is 2. The average molecular weight is 371 g/mol. The number of nitrogens with one attached hydrogen (secondary N) is 1. The lowest BCUT2D eigenvalue weighted by atomic mass is 9.97. The maximum atomic E-state index is 5.49. The van der Waals surface area contributed by atoms with E-state index in [9.17, 15) is 0 Å². The highest BCUT2D eigenvalue weighted by Crippen LogP contribution is 2.41. The summed E-state index contributed by atoms with van der Waals surface area (Å²) < 4.78 is 10.9. The van der Waals surface area contributed by atoms with Crippen molar-refractivity contribution >= 4 is 44.8 Å². The Kier molecular flexibility index (Phi) is 3.71. The molecule has 25 heavy (non-hydrogen) atoms. The predicted octanol–water partition coefficient (Wildman–Crippen LogP) is 4.76. The Morgan fingerprint density at radius 2 is 2.00 bits per heavy atom. The van der Waals surface area contributed by atoms with Crippen molar-refractivity contribution in [2.75, 3.05) is 18.4 Å². The normalized spacial score (nSPS) is 15.4. The Labute approximate surface area is 153 Å². The first kappa shape index (κ1) is 15.3. The minimum absolute atomic E-state index is 0.283. The van der Waals surface area contributed by atoms with Gasteiger partial charge in [0.1, 0.15) is 10.6 Å². The second-order valence-electron chi connectivity index (χ2n) is 6.14. The first-order valence-electron chi connectivity index (χ1n) is 8.35. The number of benzene rings is 1. The van der Waals surface area contributed by atoms with E-state index < -0.39 is 0 Å². The van der Waals surface area contributed by atoms with Crippen molar-refractivity contribution in [3.05, 3.63) is 28.6 Å². The standard InChI is InChI=1S/C18H17N3O2S2/c1-24-18-20-16(19-10-6-7-12-13(8-10)23-9-22-12)15-11-4-2-3-5-14(11)25-17(15)21-18/h6-8H,2-5,9H2,1H3,(H,19,20,21). The summed E-state index contributed by atoms with van der Waals surface area (Å²) in [5.41, 5.74) is 2.38. The number of anilines is 2. The number of hydrogen-bond donors (Lipinski definition) is 1. The second-order valence-corrected chi connectivity index (χ2v) is 8.00. The smallest absolute Gasteiger partial charge is 0.231 e. The molecule has 128 valence electrons. The van der Waals surface area contributed by atoms with E-state index in [4.69, 9.17) is 19.4 Å². The number of aryl methyl sites for hydroxylation is 2. The Balaban J connectivity index is 1.62. The molecule has 3 heterocycles. The minimum atomic E-state index is 0.283. The molecule has 0 saturated carbocycles. The summed E-state index contributed by atoms with van der Waals surface area (Å²) in [5, 5.41) is 5.48. The fourth-order valence-electron chi connectivity index (χ4n) is 3.43. The van der Waals surface area contributed by atoms with Gasteiger partial charge in [0.25, 0.3) is 0 Å². The first-order valence-corrected chi connectivity index (χ1v) is 10.4. The maximum Gasteiger partial charge on any atom is 0.231 e. The van der Waals surface area contributed by atoms with E-state index in [1.54, 1.807) is 11.8 Å².